The molecule has 0 aliphatic rings. The van der Waals surface area contributed by atoms with Crippen LogP contribution in [0.4, 0.5) is 11.5 Å². The van der Waals surface area contributed by atoms with Gasteiger partial charge in [-0.2, -0.15) is 4.80 Å². The van der Waals surface area contributed by atoms with E-state index >= 15 is 0 Å². The Bertz CT molecular complexity index is 853. The molecule has 0 bridgehead atoms. The van der Waals surface area contributed by atoms with Crippen molar-refractivity contribution >= 4 is 17.4 Å². The molecule has 0 spiro atoms. The number of benzene rings is 1. The van der Waals surface area contributed by atoms with Gasteiger partial charge in [0.05, 0.1) is 0 Å². The topological polar surface area (TPSA) is 138 Å². The largest absolute Gasteiger partial charge is 0.379 e. The minimum atomic E-state index is -0.271. The molecular formula is C13H14N8O2. The number of amides is 1. The van der Waals surface area contributed by atoms with Crippen molar-refractivity contribution in [3.63, 3.8) is 0 Å². The van der Waals surface area contributed by atoms with E-state index in [-0.39, 0.29) is 29.8 Å². The van der Waals surface area contributed by atoms with Crippen molar-refractivity contribution in [1.29, 1.82) is 0 Å². The second-order valence-electron chi connectivity index (χ2n) is 5.01. The highest BCUT2D eigenvalue weighted by Gasteiger charge is 2.16. The predicted octanol–water partition coefficient (Wildman–Crippen LogP) is 0.561. The molecule has 3 aromatic rings. The van der Waals surface area contributed by atoms with Crippen LogP contribution >= 0.6 is 0 Å². The van der Waals surface area contributed by atoms with E-state index in [1.807, 2.05) is 32.0 Å². The van der Waals surface area contributed by atoms with Gasteiger partial charge in [-0.05, 0) is 41.0 Å². The molecule has 0 radical (unpaired) electrons. The molecule has 0 unspecified atom stereocenters. The number of carbonyl (C=O) groups is 1. The first-order valence-corrected chi connectivity index (χ1v) is 6.76. The maximum atomic E-state index is 12.1. The van der Waals surface area contributed by atoms with Gasteiger partial charge in [-0.25, -0.2) is 4.63 Å². The van der Waals surface area contributed by atoms with E-state index in [0.29, 0.717) is 0 Å². The van der Waals surface area contributed by atoms with Crippen molar-refractivity contribution in [2.45, 2.75) is 20.4 Å². The van der Waals surface area contributed by atoms with Crippen LogP contribution in [0.2, 0.25) is 0 Å². The quantitative estimate of drug-likeness (QED) is 0.712. The summed E-state index contributed by atoms with van der Waals surface area (Å²) in [6.45, 7) is 3.82. The lowest BCUT2D eigenvalue weighted by Gasteiger charge is -2.08. The van der Waals surface area contributed by atoms with Gasteiger partial charge in [-0.15, -0.1) is 10.2 Å². The van der Waals surface area contributed by atoms with Crippen molar-refractivity contribution in [2.24, 2.45) is 0 Å². The van der Waals surface area contributed by atoms with E-state index in [4.69, 9.17) is 5.73 Å². The molecule has 3 rings (SSSR count). The minimum Gasteiger partial charge on any atom is -0.379 e. The van der Waals surface area contributed by atoms with Crippen LogP contribution in [0.25, 0.3) is 11.5 Å². The van der Waals surface area contributed by atoms with E-state index < -0.39 is 0 Å². The number of aromatic nitrogens is 6. The number of hydrogen-bond acceptors (Lipinski definition) is 8. The van der Waals surface area contributed by atoms with Crippen molar-refractivity contribution < 1.29 is 9.42 Å². The summed E-state index contributed by atoms with van der Waals surface area (Å²) in [6.07, 6.45) is 0. The fourth-order valence-corrected chi connectivity index (χ4v) is 2.03. The number of nitrogens with two attached hydrogens (primary N) is 1. The predicted molar refractivity (Wildman–Crippen MR) is 80.1 cm³/mol. The third kappa shape index (κ3) is 3.15. The first-order valence-electron chi connectivity index (χ1n) is 6.76. The Kier molecular flexibility index (Phi) is 3.71. The number of aryl methyl sites for hydroxylation is 2. The number of nitrogen functional groups attached to an aromatic ring is 1. The zero-order valence-corrected chi connectivity index (χ0v) is 12.5. The van der Waals surface area contributed by atoms with Gasteiger partial charge in [-0.3, -0.25) is 4.79 Å². The zero-order chi connectivity index (χ0) is 16.4. The van der Waals surface area contributed by atoms with Gasteiger partial charge in [0.1, 0.15) is 6.54 Å². The zero-order valence-electron chi connectivity index (χ0n) is 12.5. The Morgan fingerprint density at radius 3 is 2.87 bits per heavy atom. The minimum absolute atomic E-state index is 0.0595. The summed E-state index contributed by atoms with van der Waals surface area (Å²) < 4.78 is 4.47. The van der Waals surface area contributed by atoms with Crippen molar-refractivity contribution in [1.82, 2.24) is 30.5 Å². The lowest BCUT2D eigenvalue weighted by Crippen LogP contribution is -2.21. The Hall–Kier alpha value is -3.30. The molecule has 2 aromatic heterocycles. The number of carbonyl (C=O) groups excluding carboxylic acids is 1. The first kappa shape index (κ1) is 14.6. The van der Waals surface area contributed by atoms with Gasteiger partial charge in [0, 0.05) is 5.69 Å². The summed E-state index contributed by atoms with van der Waals surface area (Å²) in [5.74, 6) is -0.0699. The number of nitrogens with zero attached hydrogens (tertiary/aromatic N) is 6. The molecule has 0 saturated heterocycles. The van der Waals surface area contributed by atoms with Crippen molar-refractivity contribution in [3.05, 3.63) is 29.3 Å². The monoisotopic (exact) mass is 314 g/mol. The van der Waals surface area contributed by atoms with E-state index in [9.17, 15) is 4.79 Å². The maximum Gasteiger partial charge on any atom is 0.248 e. The number of nitrogens with one attached hydrogen (secondary N) is 1. The lowest BCUT2D eigenvalue weighted by molar-refractivity contribution is -0.117. The Morgan fingerprint density at radius 1 is 1.35 bits per heavy atom. The van der Waals surface area contributed by atoms with Crippen molar-refractivity contribution in [3.8, 4) is 11.5 Å². The van der Waals surface area contributed by atoms with E-state index in [0.717, 1.165) is 21.6 Å². The third-order valence-corrected chi connectivity index (χ3v) is 3.12. The van der Waals surface area contributed by atoms with Gasteiger partial charge >= 0.3 is 0 Å². The molecule has 0 atom stereocenters. The van der Waals surface area contributed by atoms with Crippen LogP contribution < -0.4 is 11.1 Å². The fourth-order valence-electron chi connectivity index (χ4n) is 2.03. The lowest BCUT2D eigenvalue weighted by atomic mass is 10.1. The molecule has 0 aliphatic carbocycles. The van der Waals surface area contributed by atoms with Crippen LogP contribution in [0.3, 0.4) is 0 Å². The van der Waals surface area contributed by atoms with Crippen LogP contribution in [0, 0.1) is 13.8 Å². The Morgan fingerprint density at radius 2 is 2.17 bits per heavy atom. The Balaban J connectivity index is 1.69. The molecule has 23 heavy (non-hydrogen) atoms. The highest BCUT2D eigenvalue weighted by Crippen LogP contribution is 2.17. The summed E-state index contributed by atoms with van der Waals surface area (Å²) >= 11 is 0. The molecule has 0 fully saturated rings. The average Bonchev–Trinajstić information content (AvgIpc) is 3.10. The fraction of sp³-hybridized carbons (Fsp3) is 0.231. The molecule has 0 aliphatic heterocycles. The van der Waals surface area contributed by atoms with E-state index in [2.05, 4.69) is 35.7 Å². The number of rotatable bonds is 4. The summed E-state index contributed by atoms with van der Waals surface area (Å²) in [7, 11) is 0. The summed E-state index contributed by atoms with van der Waals surface area (Å²) in [6, 6.07) is 5.76. The molecule has 1 amide bonds. The van der Waals surface area contributed by atoms with Crippen LogP contribution in [0.15, 0.2) is 22.8 Å². The van der Waals surface area contributed by atoms with Crippen LogP contribution in [-0.2, 0) is 11.3 Å². The van der Waals surface area contributed by atoms with Gasteiger partial charge in [-0.1, -0.05) is 17.7 Å². The van der Waals surface area contributed by atoms with Crippen molar-refractivity contribution in [2.75, 3.05) is 11.1 Å². The molecule has 1 aromatic carbocycles. The average molecular weight is 314 g/mol. The molecule has 10 heteroatoms. The number of tetrazole rings is 1. The van der Waals surface area contributed by atoms with E-state index in [1.54, 1.807) is 0 Å². The second-order valence-corrected chi connectivity index (χ2v) is 5.01. The first-order chi connectivity index (χ1) is 11.0. The smallest absolute Gasteiger partial charge is 0.248 e. The van der Waals surface area contributed by atoms with Crippen LogP contribution in [0.1, 0.15) is 11.1 Å². The number of anilines is 2. The third-order valence-electron chi connectivity index (χ3n) is 3.12. The molecular weight excluding hydrogens is 300 g/mol. The molecule has 118 valence electrons. The number of hydrogen-bond donors (Lipinski definition) is 2. The molecule has 10 nitrogen and oxygen atoms in total. The van der Waals surface area contributed by atoms with Gasteiger partial charge in [0.2, 0.25) is 11.7 Å². The van der Waals surface area contributed by atoms with Crippen LogP contribution in [0.5, 0.6) is 0 Å². The summed E-state index contributed by atoms with van der Waals surface area (Å²) in [5, 5.41) is 21.4. The molecule has 2 heterocycles. The van der Waals surface area contributed by atoms with Gasteiger partial charge < -0.3 is 11.1 Å². The van der Waals surface area contributed by atoms with E-state index in [1.165, 1.54) is 0 Å². The normalized spacial score (nSPS) is 10.7. The molecule has 3 N–H and O–H groups in total. The van der Waals surface area contributed by atoms with Crippen LogP contribution in [-0.4, -0.2) is 36.4 Å². The van der Waals surface area contributed by atoms with Gasteiger partial charge in [0.15, 0.2) is 11.5 Å². The summed E-state index contributed by atoms with van der Waals surface area (Å²) in [5.41, 5.74) is 8.58. The second kappa shape index (κ2) is 5.83. The SMILES string of the molecule is Cc1ccc(NC(=O)Cn2nnc(-c3nonc3N)n2)c(C)c1. The molecule has 0 saturated carbocycles. The standard InChI is InChI=1S/C13H14N8O2/c1-7-3-4-9(8(2)5-7)15-10(22)6-21-17-13(16-20-21)11-12(14)19-23-18-11/h3-5H,6H2,1-2H3,(H2,14,19)(H,15,22). The Labute approximate surface area is 130 Å². The maximum absolute atomic E-state index is 12.1. The highest BCUT2D eigenvalue weighted by atomic mass is 16.6. The highest BCUT2D eigenvalue weighted by molar-refractivity contribution is 5.91. The van der Waals surface area contributed by atoms with Gasteiger partial charge in [0.25, 0.3) is 0 Å². The summed E-state index contributed by atoms with van der Waals surface area (Å²) in [4.78, 5) is 13.2.